The minimum Gasteiger partial charge on any atom is -0.393 e. The van der Waals surface area contributed by atoms with Crippen molar-refractivity contribution in [1.82, 2.24) is 5.32 Å². The van der Waals surface area contributed by atoms with Gasteiger partial charge in [0.1, 0.15) is 5.25 Å². The van der Waals surface area contributed by atoms with Crippen molar-refractivity contribution in [2.75, 3.05) is 5.32 Å². The van der Waals surface area contributed by atoms with Gasteiger partial charge in [0.15, 0.2) is 0 Å². The lowest BCUT2D eigenvalue weighted by Crippen LogP contribution is -2.41. The summed E-state index contributed by atoms with van der Waals surface area (Å²) in [7, 11) is 0. The average Bonchev–Trinajstić information content (AvgIpc) is 2.98. The quantitative estimate of drug-likeness (QED) is 0.609. The molecule has 0 bridgehead atoms. The molecule has 0 spiro atoms. The van der Waals surface area contributed by atoms with Crippen LogP contribution in [0.5, 0.6) is 0 Å². The van der Waals surface area contributed by atoms with E-state index >= 15 is 0 Å². The summed E-state index contributed by atoms with van der Waals surface area (Å²) in [6, 6.07) is 15.2. The number of imide groups is 1. The molecule has 2 aromatic carbocycles. The zero-order valence-electron chi connectivity index (χ0n) is 14.3. The highest BCUT2D eigenvalue weighted by atomic mass is 79.9. The van der Waals surface area contributed by atoms with Gasteiger partial charge in [0.2, 0.25) is 5.91 Å². The van der Waals surface area contributed by atoms with E-state index in [1.807, 2.05) is 24.3 Å². The SMILES string of the molecule is N#CC1=C(N)SC(C(=O)NC(=O)Nc2cccc(Cl)c2)C1c1ccc(Br)cc1. The molecule has 3 rings (SSSR count). The summed E-state index contributed by atoms with van der Waals surface area (Å²) in [5, 5.41) is 14.4. The molecule has 4 N–H and O–H groups in total. The Morgan fingerprint density at radius 1 is 1.21 bits per heavy atom. The van der Waals surface area contributed by atoms with Gasteiger partial charge < -0.3 is 11.1 Å². The second-order valence-corrected chi connectivity index (χ2v) is 8.45. The molecule has 9 heteroatoms. The first-order valence-corrected chi connectivity index (χ1v) is 10.1. The second kappa shape index (κ2) is 8.69. The molecule has 142 valence electrons. The highest BCUT2D eigenvalue weighted by Crippen LogP contribution is 2.45. The van der Waals surface area contributed by atoms with Crippen LogP contribution in [0.1, 0.15) is 11.5 Å². The number of rotatable bonds is 3. The molecule has 0 saturated heterocycles. The van der Waals surface area contributed by atoms with Crippen LogP contribution >= 0.6 is 39.3 Å². The molecule has 28 heavy (non-hydrogen) atoms. The van der Waals surface area contributed by atoms with Crippen molar-refractivity contribution in [3.63, 3.8) is 0 Å². The molecule has 3 amide bonds. The Labute approximate surface area is 179 Å². The number of halogens is 2. The van der Waals surface area contributed by atoms with Crippen molar-refractivity contribution < 1.29 is 9.59 Å². The third-order valence-electron chi connectivity index (χ3n) is 4.06. The van der Waals surface area contributed by atoms with Crippen LogP contribution in [0.2, 0.25) is 5.02 Å². The van der Waals surface area contributed by atoms with Gasteiger partial charge in [0.05, 0.1) is 16.7 Å². The Morgan fingerprint density at radius 3 is 2.57 bits per heavy atom. The van der Waals surface area contributed by atoms with Crippen LogP contribution in [-0.2, 0) is 4.79 Å². The molecule has 0 radical (unpaired) electrons. The number of anilines is 1. The summed E-state index contributed by atoms with van der Waals surface area (Å²) in [4.78, 5) is 25.0. The summed E-state index contributed by atoms with van der Waals surface area (Å²) in [5.74, 6) is -1.08. The van der Waals surface area contributed by atoms with E-state index in [2.05, 4.69) is 32.6 Å². The maximum absolute atomic E-state index is 12.8. The summed E-state index contributed by atoms with van der Waals surface area (Å²) in [6.45, 7) is 0. The van der Waals surface area contributed by atoms with E-state index in [-0.39, 0.29) is 5.03 Å². The minimum atomic E-state index is -0.735. The molecule has 0 aliphatic carbocycles. The number of hydrogen-bond acceptors (Lipinski definition) is 5. The van der Waals surface area contributed by atoms with E-state index < -0.39 is 23.1 Å². The number of allylic oxidation sites excluding steroid dienone is 1. The van der Waals surface area contributed by atoms with Gasteiger partial charge in [-0.2, -0.15) is 5.26 Å². The molecule has 2 aromatic rings. The fourth-order valence-electron chi connectivity index (χ4n) is 2.83. The van der Waals surface area contributed by atoms with E-state index in [4.69, 9.17) is 17.3 Å². The van der Waals surface area contributed by atoms with E-state index in [1.54, 1.807) is 24.3 Å². The molecular formula is C19H14BrClN4O2S. The lowest BCUT2D eigenvalue weighted by molar-refractivity contribution is -0.119. The topological polar surface area (TPSA) is 108 Å². The predicted octanol–water partition coefficient (Wildman–Crippen LogP) is 4.34. The number of carbonyl (C=O) groups is 2. The third kappa shape index (κ3) is 4.50. The van der Waals surface area contributed by atoms with Crippen molar-refractivity contribution in [3.8, 4) is 6.07 Å². The van der Waals surface area contributed by atoms with Gasteiger partial charge in [-0.3, -0.25) is 10.1 Å². The molecule has 0 aromatic heterocycles. The summed E-state index contributed by atoms with van der Waals surface area (Å²) in [6.07, 6.45) is 0. The highest BCUT2D eigenvalue weighted by Gasteiger charge is 2.41. The fraction of sp³-hybridized carbons (Fsp3) is 0.105. The van der Waals surface area contributed by atoms with Gasteiger partial charge in [0, 0.05) is 21.1 Å². The standard InChI is InChI=1S/C19H14BrClN4O2S/c20-11-6-4-10(5-7-11)15-14(9-22)17(23)28-16(15)18(26)25-19(27)24-13-3-1-2-12(21)8-13/h1-8,15-16H,23H2,(H2,24,25,26,27). The smallest absolute Gasteiger partial charge is 0.325 e. The number of urea groups is 1. The third-order valence-corrected chi connectivity index (χ3v) is 6.04. The van der Waals surface area contributed by atoms with E-state index in [9.17, 15) is 14.9 Å². The predicted molar refractivity (Wildman–Crippen MR) is 114 cm³/mol. The fourth-order valence-corrected chi connectivity index (χ4v) is 4.45. The molecule has 1 aliphatic heterocycles. The Morgan fingerprint density at radius 2 is 1.93 bits per heavy atom. The van der Waals surface area contributed by atoms with Crippen molar-refractivity contribution in [2.24, 2.45) is 5.73 Å². The molecule has 0 fully saturated rings. The Hall–Kier alpha value is -2.47. The number of nitrogens with zero attached hydrogens (tertiary/aromatic N) is 1. The van der Waals surface area contributed by atoms with Gasteiger partial charge in [0.25, 0.3) is 0 Å². The monoisotopic (exact) mass is 476 g/mol. The van der Waals surface area contributed by atoms with Gasteiger partial charge >= 0.3 is 6.03 Å². The number of nitrogens with one attached hydrogen (secondary N) is 2. The second-order valence-electron chi connectivity index (χ2n) is 5.91. The van der Waals surface area contributed by atoms with Gasteiger partial charge in [-0.1, -0.05) is 57.5 Å². The number of nitrogens with two attached hydrogens (primary N) is 1. The first-order valence-electron chi connectivity index (χ1n) is 8.08. The Balaban J connectivity index is 1.77. The van der Waals surface area contributed by atoms with Crippen molar-refractivity contribution in [1.29, 1.82) is 5.26 Å². The minimum absolute atomic E-state index is 0.283. The van der Waals surface area contributed by atoms with Gasteiger partial charge in [-0.05, 0) is 35.9 Å². The normalized spacial score (nSPS) is 18.5. The van der Waals surface area contributed by atoms with Crippen LogP contribution in [0.15, 0.2) is 63.6 Å². The number of hydrogen-bond donors (Lipinski definition) is 3. The van der Waals surface area contributed by atoms with E-state index in [0.29, 0.717) is 16.3 Å². The summed E-state index contributed by atoms with van der Waals surface area (Å²) >= 11 is 10.3. The lowest BCUT2D eigenvalue weighted by Gasteiger charge is -2.19. The molecule has 2 unspecified atom stereocenters. The van der Waals surface area contributed by atoms with Crippen LogP contribution in [0.4, 0.5) is 10.5 Å². The number of thioether (sulfide) groups is 1. The highest BCUT2D eigenvalue weighted by molar-refractivity contribution is 9.10. The van der Waals surface area contributed by atoms with Gasteiger partial charge in [-0.15, -0.1) is 0 Å². The molecular weight excluding hydrogens is 464 g/mol. The Bertz CT molecular complexity index is 1000. The number of carbonyl (C=O) groups excluding carboxylic acids is 2. The van der Waals surface area contributed by atoms with E-state index in [1.165, 1.54) is 0 Å². The molecule has 0 saturated carbocycles. The zero-order chi connectivity index (χ0) is 20.3. The number of nitriles is 1. The summed E-state index contributed by atoms with van der Waals surface area (Å²) < 4.78 is 0.874. The maximum atomic E-state index is 12.8. The van der Waals surface area contributed by atoms with Crippen LogP contribution in [-0.4, -0.2) is 17.2 Å². The van der Waals surface area contributed by atoms with E-state index in [0.717, 1.165) is 21.8 Å². The van der Waals surface area contributed by atoms with Crippen LogP contribution in [0.25, 0.3) is 0 Å². The van der Waals surface area contributed by atoms with Crippen molar-refractivity contribution in [3.05, 3.63) is 74.2 Å². The average molecular weight is 478 g/mol. The van der Waals surface area contributed by atoms with Crippen molar-refractivity contribution >= 4 is 56.9 Å². The van der Waals surface area contributed by atoms with Crippen LogP contribution in [0.3, 0.4) is 0 Å². The molecule has 6 nitrogen and oxygen atoms in total. The van der Waals surface area contributed by atoms with Crippen molar-refractivity contribution in [2.45, 2.75) is 11.2 Å². The first-order chi connectivity index (χ1) is 13.4. The zero-order valence-corrected chi connectivity index (χ0v) is 17.4. The van der Waals surface area contributed by atoms with Gasteiger partial charge in [-0.25, -0.2) is 4.79 Å². The van der Waals surface area contributed by atoms with Crippen LogP contribution in [0, 0.1) is 11.3 Å². The largest absolute Gasteiger partial charge is 0.393 e. The molecule has 1 aliphatic rings. The molecule has 1 heterocycles. The first kappa shape index (κ1) is 20.3. The lowest BCUT2D eigenvalue weighted by atomic mass is 9.89. The van der Waals surface area contributed by atoms with Crippen LogP contribution < -0.4 is 16.4 Å². The molecule has 2 atom stereocenters. The number of amides is 3. The Kier molecular flexibility index (Phi) is 6.29. The summed E-state index contributed by atoms with van der Waals surface area (Å²) in [5.41, 5.74) is 7.51. The number of benzene rings is 2. The maximum Gasteiger partial charge on any atom is 0.325 e.